The molecule has 13 heavy (non-hydrogen) atoms. The molecule has 0 saturated carbocycles. The van der Waals surface area contributed by atoms with E-state index in [0.717, 1.165) is 5.56 Å². The molecule has 1 heterocycles. The zero-order valence-corrected chi connectivity index (χ0v) is 7.47. The molecule has 1 rings (SSSR count). The normalized spacial score (nSPS) is 9.15. The number of aromatic nitrogens is 1. The van der Waals surface area contributed by atoms with Crippen LogP contribution >= 0.6 is 0 Å². The molecule has 0 amide bonds. The predicted molar refractivity (Wildman–Crippen MR) is 49.5 cm³/mol. The van der Waals surface area contributed by atoms with Crippen molar-refractivity contribution in [2.24, 2.45) is 5.73 Å². The summed E-state index contributed by atoms with van der Waals surface area (Å²) in [5.41, 5.74) is 6.83. The summed E-state index contributed by atoms with van der Waals surface area (Å²) in [6, 6.07) is 1.33. The van der Waals surface area contributed by atoms with Crippen molar-refractivity contribution in [3.63, 3.8) is 0 Å². The maximum Gasteiger partial charge on any atom is 0.214 e. The quantitative estimate of drug-likeness (QED) is 0.519. The first-order chi connectivity index (χ1) is 6.24. The molecule has 2 N–H and O–H groups in total. The number of hydrogen-bond acceptors (Lipinski definition) is 2. The van der Waals surface area contributed by atoms with Gasteiger partial charge in [-0.05, 0) is 12.5 Å². The Morgan fingerprint density at radius 3 is 3.08 bits per heavy atom. The van der Waals surface area contributed by atoms with Crippen molar-refractivity contribution in [1.82, 2.24) is 4.98 Å². The highest BCUT2D eigenvalue weighted by molar-refractivity contribution is 5.38. The lowest BCUT2D eigenvalue weighted by molar-refractivity contribution is 0.582. The lowest BCUT2D eigenvalue weighted by atomic mass is 10.1. The van der Waals surface area contributed by atoms with Crippen LogP contribution in [0.25, 0.3) is 0 Å². The van der Waals surface area contributed by atoms with Crippen molar-refractivity contribution in [1.29, 1.82) is 0 Å². The van der Waals surface area contributed by atoms with Crippen LogP contribution in [0, 0.1) is 24.7 Å². The minimum absolute atomic E-state index is 0.498. The minimum atomic E-state index is -0.498. The summed E-state index contributed by atoms with van der Waals surface area (Å²) in [4.78, 5) is 3.51. The number of hydrogen-bond donors (Lipinski definition) is 1. The number of nitrogens with zero attached hydrogens (tertiary/aromatic N) is 1. The Hall–Kier alpha value is -1.40. The van der Waals surface area contributed by atoms with Gasteiger partial charge in [0.05, 0.1) is 0 Å². The van der Waals surface area contributed by atoms with Gasteiger partial charge in [-0.1, -0.05) is 11.8 Å². The molecule has 0 saturated heterocycles. The molecule has 3 heteroatoms. The third-order valence-corrected chi connectivity index (χ3v) is 1.56. The minimum Gasteiger partial charge on any atom is -0.330 e. The fourth-order valence-corrected chi connectivity index (χ4v) is 0.863. The molecule has 1 aromatic rings. The third kappa shape index (κ3) is 2.85. The van der Waals surface area contributed by atoms with Gasteiger partial charge >= 0.3 is 0 Å². The van der Waals surface area contributed by atoms with Gasteiger partial charge in [-0.3, -0.25) is 0 Å². The standard InChI is InChI=1S/C10H11FN2/c1-8-7-13-10(11)6-9(8)4-2-3-5-12/h6-7H,3,5,12H2,1H3. The van der Waals surface area contributed by atoms with Crippen molar-refractivity contribution < 1.29 is 4.39 Å². The molecule has 0 aliphatic heterocycles. The van der Waals surface area contributed by atoms with Gasteiger partial charge in [-0.2, -0.15) is 4.39 Å². The van der Waals surface area contributed by atoms with Crippen molar-refractivity contribution >= 4 is 0 Å². The summed E-state index contributed by atoms with van der Waals surface area (Å²) >= 11 is 0. The van der Waals surface area contributed by atoms with E-state index in [2.05, 4.69) is 16.8 Å². The molecule has 0 aliphatic carbocycles. The molecule has 0 aliphatic rings. The van der Waals surface area contributed by atoms with Gasteiger partial charge in [-0.25, -0.2) is 4.98 Å². The van der Waals surface area contributed by atoms with E-state index < -0.39 is 5.95 Å². The van der Waals surface area contributed by atoms with Crippen molar-refractivity contribution in [3.8, 4) is 11.8 Å². The van der Waals surface area contributed by atoms with Crippen molar-refractivity contribution in [2.45, 2.75) is 13.3 Å². The summed E-state index contributed by atoms with van der Waals surface area (Å²) in [7, 11) is 0. The van der Waals surface area contributed by atoms with E-state index in [9.17, 15) is 4.39 Å². The van der Waals surface area contributed by atoms with E-state index in [-0.39, 0.29) is 0 Å². The Morgan fingerprint density at radius 2 is 2.38 bits per heavy atom. The highest BCUT2D eigenvalue weighted by Crippen LogP contribution is 2.05. The Labute approximate surface area is 77.0 Å². The Bertz CT molecular complexity index is 350. The molecule has 0 radical (unpaired) electrons. The van der Waals surface area contributed by atoms with Crippen LogP contribution < -0.4 is 5.73 Å². The second-order valence-corrected chi connectivity index (χ2v) is 2.66. The van der Waals surface area contributed by atoms with Gasteiger partial charge in [0.15, 0.2) is 0 Å². The molecule has 0 unspecified atom stereocenters. The topological polar surface area (TPSA) is 38.9 Å². The zero-order chi connectivity index (χ0) is 9.68. The average Bonchev–Trinajstić information content (AvgIpc) is 2.11. The molecule has 0 spiro atoms. The van der Waals surface area contributed by atoms with E-state index >= 15 is 0 Å². The molecule has 68 valence electrons. The van der Waals surface area contributed by atoms with Crippen LogP contribution in [0.15, 0.2) is 12.3 Å². The molecule has 0 atom stereocenters. The van der Waals surface area contributed by atoms with Crippen LogP contribution in [0.5, 0.6) is 0 Å². The molecule has 2 nitrogen and oxygen atoms in total. The van der Waals surface area contributed by atoms with Gasteiger partial charge in [-0.15, -0.1) is 0 Å². The predicted octanol–water partition coefficient (Wildman–Crippen LogP) is 1.23. The van der Waals surface area contributed by atoms with E-state index in [1.807, 2.05) is 6.92 Å². The number of pyridine rings is 1. The largest absolute Gasteiger partial charge is 0.330 e. The summed E-state index contributed by atoms with van der Waals surface area (Å²) in [5, 5.41) is 0. The van der Waals surface area contributed by atoms with E-state index in [4.69, 9.17) is 5.73 Å². The van der Waals surface area contributed by atoms with Gasteiger partial charge in [0.2, 0.25) is 5.95 Å². The average molecular weight is 178 g/mol. The number of aryl methyl sites for hydroxylation is 1. The van der Waals surface area contributed by atoms with Gasteiger partial charge in [0.25, 0.3) is 0 Å². The number of rotatable bonds is 1. The van der Waals surface area contributed by atoms with Crippen LogP contribution in [0.4, 0.5) is 4.39 Å². The van der Waals surface area contributed by atoms with E-state index in [1.54, 1.807) is 0 Å². The molecule has 0 aromatic carbocycles. The summed E-state index contributed by atoms with van der Waals surface area (Å²) < 4.78 is 12.7. The first-order valence-electron chi connectivity index (χ1n) is 4.05. The zero-order valence-electron chi connectivity index (χ0n) is 7.47. The van der Waals surface area contributed by atoms with Crippen molar-refractivity contribution in [3.05, 3.63) is 29.3 Å². The number of nitrogens with two attached hydrogens (primary N) is 1. The smallest absolute Gasteiger partial charge is 0.214 e. The molecule has 0 fully saturated rings. The fraction of sp³-hybridized carbons (Fsp3) is 0.300. The molecular weight excluding hydrogens is 167 g/mol. The first kappa shape index (κ1) is 9.69. The first-order valence-corrected chi connectivity index (χ1v) is 4.05. The summed E-state index contributed by atoms with van der Waals surface area (Å²) in [6.45, 7) is 2.37. The fourth-order valence-electron chi connectivity index (χ4n) is 0.863. The second kappa shape index (κ2) is 4.58. The van der Waals surface area contributed by atoms with Gasteiger partial charge < -0.3 is 5.73 Å². The Morgan fingerprint density at radius 1 is 1.62 bits per heavy atom. The van der Waals surface area contributed by atoms with Crippen molar-refractivity contribution in [2.75, 3.05) is 6.54 Å². The van der Waals surface area contributed by atoms with Crippen LogP contribution in [0.3, 0.4) is 0 Å². The lowest BCUT2D eigenvalue weighted by Crippen LogP contribution is -1.95. The number of halogens is 1. The van der Waals surface area contributed by atoms with E-state index in [1.165, 1.54) is 12.3 Å². The Balaban J connectivity index is 2.89. The molecule has 0 bridgehead atoms. The van der Waals surface area contributed by atoms with Gasteiger partial charge in [0.1, 0.15) is 0 Å². The van der Waals surface area contributed by atoms with Crippen LogP contribution in [-0.2, 0) is 0 Å². The van der Waals surface area contributed by atoms with Crippen LogP contribution in [-0.4, -0.2) is 11.5 Å². The van der Waals surface area contributed by atoms with Gasteiger partial charge in [0, 0.05) is 30.8 Å². The SMILES string of the molecule is Cc1cnc(F)cc1C#CCCN. The summed E-state index contributed by atoms with van der Waals surface area (Å²) in [6.07, 6.45) is 2.10. The highest BCUT2D eigenvalue weighted by atomic mass is 19.1. The van der Waals surface area contributed by atoms with Crippen LogP contribution in [0.2, 0.25) is 0 Å². The highest BCUT2D eigenvalue weighted by Gasteiger charge is 1.96. The Kier molecular flexibility index (Phi) is 3.41. The molecular formula is C10H11FN2. The van der Waals surface area contributed by atoms with Crippen LogP contribution in [0.1, 0.15) is 17.5 Å². The monoisotopic (exact) mass is 178 g/mol. The summed E-state index contributed by atoms with van der Waals surface area (Å²) in [5.74, 6) is 5.20. The molecule has 1 aromatic heterocycles. The van der Waals surface area contributed by atoms with E-state index in [0.29, 0.717) is 18.5 Å². The maximum absolute atomic E-state index is 12.7. The maximum atomic E-state index is 12.7. The lowest BCUT2D eigenvalue weighted by Gasteiger charge is -1.95. The third-order valence-electron chi connectivity index (χ3n) is 1.56. The second-order valence-electron chi connectivity index (χ2n) is 2.66.